The Morgan fingerprint density at radius 2 is 2.00 bits per heavy atom. The standard InChI is InChI=1S/C15H26N2O4/c1-11(2)14(19)16-5-3-4-12(8-16)15(20)17-6-7-21-13(9-17)10-18/h11-13,18H,3-10H2,1-2H3. The van der Waals surface area contributed by atoms with Gasteiger partial charge < -0.3 is 19.6 Å². The second-order valence-corrected chi connectivity index (χ2v) is 6.24. The highest BCUT2D eigenvalue weighted by Crippen LogP contribution is 2.21. The molecule has 2 aliphatic rings. The molecule has 0 aromatic heterocycles. The maximum atomic E-state index is 12.6. The maximum absolute atomic E-state index is 12.6. The van der Waals surface area contributed by atoms with Crippen molar-refractivity contribution in [3.63, 3.8) is 0 Å². The van der Waals surface area contributed by atoms with E-state index in [1.54, 1.807) is 4.90 Å². The van der Waals surface area contributed by atoms with Crippen molar-refractivity contribution in [3.8, 4) is 0 Å². The Balaban J connectivity index is 1.94. The molecular weight excluding hydrogens is 272 g/mol. The molecule has 0 aromatic carbocycles. The fourth-order valence-electron chi connectivity index (χ4n) is 3.03. The topological polar surface area (TPSA) is 70.1 Å². The molecule has 0 bridgehead atoms. The average Bonchev–Trinajstić information content (AvgIpc) is 2.53. The van der Waals surface area contributed by atoms with Gasteiger partial charge >= 0.3 is 0 Å². The normalized spacial score (nSPS) is 27.0. The highest BCUT2D eigenvalue weighted by molar-refractivity contribution is 5.82. The zero-order valence-electron chi connectivity index (χ0n) is 13.0. The van der Waals surface area contributed by atoms with Crippen LogP contribution in [0.3, 0.4) is 0 Å². The van der Waals surface area contributed by atoms with E-state index in [9.17, 15) is 9.59 Å². The van der Waals surface area contributed by atoms with E-state index in [0.29, 0.717) is 26.2 Å². The Bertz CT molecular complexity index is 386. The van der Waals surface area contributed by atoms with Gasteiger partial charge in [0.15, 0.2) is 0 Å². The predicted molar refractivity (Wildman–Crippen MR) is 77.5 cm³/mol. The zero-order valence-corrected chi connectivity index (χ0v) is 13.0. The molecule has 2 unspecified atom stereocenters. The maximum Gasteiger partial charge on any atom is 0.227 e. The summed E-state index contributed by atoms with van der Waals surface area (Å²) < 4.78 is 5.38. The first-order valence-electron chi connectivity index (χ1n) is 7.83. The number of rotatable bonds is 3. The van der Waals surface area contributed by atoms with Crippen LogP contribution < -0.4 is 0 Å². The molecule has 0 radical (unpaired) electrons. The number of hydrogen-bond acceptors (Lipinski definition) is 4. The van der Waals surface area contributed by atoms with E-state index in [1.165, 1.54) is 0 Å². The number of aliphatic hydroxyl groups is 1. The molecule has 2 amide bonds. The molecule has 120 valence electrons. The van der Waals surface area contributed by atoms with E-state index >= 15 is 0 Å². The summed E-state index contributed by atoms with van der Waals surface area (Å²) in [5.41, 5.74) is 0. The van der Waals surface area contributed by atoms with Crippen molar-refractivity contribution in [1.82, 2.24) is 9.80 Å². The first-order chi connectivity index (χ1) is 10.0. The number of carbonyl (C=O) groups is 2. The van der Waals surface area contributed by atoms with Crippen molar-refractivity contribution in [2.75, 3.05) is 39.4 Å². The first kappa shape index (κ1) is 16.2. The highest BCUT2D eigenvalue weighted by Gasteiger charge is 2.33. The number of aliphatic hydroxyl groups excluding tert-OH is 1. The first-order valence-corrected chi connectivity index (χ1v) is 7.83. The van der Waals surface area contributed by atoms with Crippen molar-refractivity contribution in [2.24, 2.45) is 11.8 Å². The lowest BCUT2D eigenvalue weighted by molar-refractivity contribution is -0.148. The largest absolute Gasteiger partial charge is 0.394 e. The van der Waals surface area contributed by atoms with Crippen LogP contribution >= 0.6 is 0 Å². The third-order valence-electron chi connectivity index (χ3n) is 4.23. The van der Waals surface area contributed by atoms with Crippen LogP contribution in [0.15, 0.2) is 0 Å². The highest BCUT2D eigenvalue weighted by atomic mass is 16.5. The minimum Gasteiger partial charge on any atom is -0.394 e. The molecule has 0 aliphatic carbocycles. The average molecular weight is 298 g/mol. The molecule has 0 aromatic rings. The van der Waals surface area contributed by atoms with Crippen molar-refractivity contribution in [1.29, 1.82) is 0 Å². The van der Waals surface area contributed by atoms with E-state index < -0.39 is 0 Å². The van der Waals surface area contributed by atoms with E-state index in [0.717, 1.165) is 19.4 Å². The van der Waals surface area contributed by atoms with Crippen molar-refractivity contribution >= 4 is 11.8 Å². The van der Waals surface area contributed by atoms with Crippen LogP contribution in [-0.2, 0) is 14.3 Å². The lowest BCUT2D eigenvalue weighted by Crippen LogP contribution is -2.52. The molecule has 2 aliphatic heterocycles. The zero-order chi connectivity index (χ0) is 15.4. The molecule has 2 fully saturated rings. The second kappa shape index (κ2) is 7.22. The van der Waals surface area contributed by atoms with Crippen LogP contribution in [0.25, 0.3) is 0 Å². The fraction of sp³-hybridized carbons (Fsp3) is 0.867. The van der Waals surface area contributed by atoms with Gasteiger partial charge in [0, 0.05) is 32.1 Å². The van der Waals surface area contributed by atoms with Crippen molar-refractivity contribution in [2.45, 2.75) is 32.8 Å². The van der Waals surface area contributed by atoms with E-state index in [4.69, 9.17) is 9.84 Å². The number of carbonyl (C=O) groups excluding carboxylic acids is 2. The molecule has 0 saturated carbocycles. The van der Waals surface area contributed by atoms with Gasteiger partial charge in [0.1, 0.15) is 0 Å². The monoisotopic (exact) mass is 298 g/mol. The smallest absolute Gasteiger partial charge is 0.227 e. The number of amides is 2. The summed E-state index contributed by atoms with van der Waals surface area (Å²) in [5, 5.41) is 9.16. The molecule has 2 atom stereocenters. The lowest BCUT2D eigenvalue weighted by Gasteiger charge is -2.38. The number of ether oxygens (including phenoxy) is 1. The summed E-state index contributed by atoms with van der Waals surface area (Å²) in [6, 6.07) is 0. The predicted octanol–water partition coefficient (Wildman–Crippen LogP) is 0.101. The SMILES string of the molecule is CC(C)C(=O)N1CCCC(C(=O)N2CCOC(CO)C2)C1. The van der Waals surface area contributed by atoms with Crippen LogP contribution in [0, 0.1) is 11.8 Å². The van der Waals surface area contributed by atoms with E-state index in [-0.39, 0.29) is 36.4 Å². The van der Waals surface area contributed by atoms with Gasteiger partial charge in [-0.05, 0) is 12.8 Å². The molecule has 0 spiro atoms. The molecule has 2 rings (SSSR count). The molecule has 2 heterocycles. The number of hydrogen-bond donors (Lipinski definition) is 1. The quantitative estimate of drug-likeness (QED) is 0.802. The number of nitrogens with zero attached hydrogens (tertiary/aromatic N) is 2. The molecule has 6 nitrogen and oxygen atoms in total. The van der Waals surface area contributed by atoms with Gasteiger partial charge in [-0.25, -0.2) is 0 Å². The summed E-state index contributed by atoms with van der Waals surface area (Å²) in [7, 11) is 0. The summed E-state index contributed by atoms with van der Waals surface area (Å²) in [6.07, 6.45) is 1.43. The summed E-state index contributed by atoms with van der Waals surface area (Å²) in [4.78, 5) is 28.3. The van der Waals surface area contributed by atoms with Gasteiger partial charge in [0.25, 0.3) is 0 Å². The Labute approximate surface area is 126 Å². The number of morpholine rings is 1. The fourth-order valence-corrected chi connectivity index (χ4v) is 3.03. The van der Waals surface area contributed by atoms with E-state index in [1.807, 2.05) is 18.7 Å². The van der Waals surface area contributed by atoms with E-state index in [2.05, 4.69) is 0 Å². The van der Waals surface area contributed by atoms with Crippen LogP contribution in [0.4, 0.5) is 0 Å². The van der Waals surface area contributed by atoms with Crippen LogP contribution in [0.1, 0.15) is 26.7 Å². The Morgan fingerprint density at radius 1 is 1.24 bits per heavy atom. The molecular formula is C15H26N2O4. The van der Waals surface area contributed by atoms with Crippen molar-refractivity contribution in [3.05, 3.63) is 0 Å². The van der Waals surface area contributed by atoms with Gasteiger partial charge in [-0.3, -0.25) is 9.59 Å². The Kier molecular flexibility index (Phi) is 5.58. The van der Waals surface area contributed by atoms with Gasteiger partial charge in [0.05, 0.1) is 25.2 Å². The minimum absolute atomic E-state index is 0.0268. The van der Waals surface area contributed by atoms with Gasteiger partial charge in [-0.15, -0.1) is 0 Å². The van der Waals surface area contributed by atoms with Crippen LogP contribution in [0.2, 0.25) is 0 Å². The minimum atomic E-state index is -0.278. The molecule has 1 N–H and O–H groups in total. The summed E-state index contributed by atoms with van der Waals surface area (Å²) in [5.74, 6) is 0.0839. The van der Waals surface area contributed by atoms with Crippen LogP contribution in [-0.4, -0.2) is 72.2 Å². The van der Waals surface area contributed by atoms with Gasteiger partial charge in [-0.2, -0.15) is 0 Å². The molecule has 2 saturated heterocycles. The molecule has 6 heteroatoms. The van der Waals surface area contributed by atoms with Gasteiger partial charge in [-0.1, -0.05) is 13.8 Å². The van der Waals surface area contributed by atoms with Crippen LogP contribution in [0.5, 0.6) is 0 Å². The Hall–Kier alpha value is -1.14. The molecule has 21 heavy (non-hydrogen) atoms. The number of piperidine rings is 1. The third-order valence-corrected chi connectivity index (χ3v) is 4.23. The Morgan fingerprint density at radius 3 is 2.67 bits per heavy atom. The van der Waals surface area contributed by atoms with Crippen molar-refractivity contribution < 1.29 is 19.4 Å². The summed E-state index contributed by atoms with van der Waals surface area (Å²) in [6.45, 7) is 6.49. The van der Waals surface area contributed by atoms with Gasteiger partial charge in [0.2, 0.25) is 11.8 Å². The third kappa shape index (κ3) is 3.95. The number of likely N-dealkylation sites (tertiary alicyclic amines) is 1. The second-order valence-electron chi connectivity index (χ2n) is 6.24. The summed E-state index contributed by atoms with van der Waals surface area (Å²) >= 11 is 0. The lowest BCUT2D eigenvalue weighted by atomic mass is 9.95.